The topological polar surface area (TPSA) is 115 Å². The van der Waals surface area contributed by atoms with Gasteiger partial charge in [-0.25, -0.2) is 4.99 Å². The van der Waals surface area contributed by atoms with Crippen LogP contribution in [0.4, 0.5) is 0 Å². The fraction of sp³-hybridized carbons (Fsp3) is 0.400. The second kappa shape index (κ2) is 13.1. The molecule has 2 amide bonds. The molecule has 8 nitrogen and oxygen atoms in total. The molecule has 0 heterocycles. The monoisotopic (exact) mass is 454 g/mol. The molecule has 8 heteroatoms. The molecular formula is C25H34N4O4. The van der Waals surface area contributed by atoms with E-state index in [4.69, 9.17) is 15.2 Å². The van der Waals surface area contributed by atoms with Gasteiger partial charge >= 0.3 is 0 Å². The number of nitrogens with two attached hydrogens (primary N) is 1. The summed E-state index contributed by atoms with van der Waals surface area (Å²) in [4.78, 5) is 29.2. The molecule has 0 spiro atoms. The zero-order valence-corrected chi connectivity index (χ0v) is 19.8. The highest BCUT2D eigenvalue weighted by atomic mass is 16.5. The van der Waals surface area contributed by atoms with Gasteiger partial charge in [-0.15, -0.1) is 0 Å². The fourth-order valence-corrected chi connectivity index (χ4v) is 3.28. The number of hydrogen-bond acceptors (Lipinski definition) is 5. The van der Waals surface area contributed by atoms with Crippen LogP contribution in [-0.4, -0.2) is 44.6 Å². The predicted octanol–water partition coefficient (Wildman–Crippen LogP) is 2.45. The highest BCUT2D eigenvalue weighted by Crippen LogP contribution is 2.27. The minimum atomic E-state index is -0.767. The van der Waals surface area contributed by atoms with E-state index >= 15 is 0 Å². The number of carbonyl (C=O) groups is 2. The van der Waals surface area contributed by atoms with Crippen molar-refractivity contribution >= 4 is 17.8 Å². The molecule has 0 aliphatic carbocycles. The van der Waals surface area contributed by atoms with Gasteiger partial charge in [-0.05, 0) is 35.6 Å². The molecule has 0 saturated heterocycles. The number of carbonyl (C=O) groups excluding carboxylic acids is 2. The van der Waals surface area contributed by atoms with Gasteiger partial charge in [0.15, 0.2) is 17.5 Å². The Balaban J connectivity index is 2.05. The number of nitrogens with zero attached hydrogens (tertiary/aromatic N) is 1. The summed E-state index contributed by atoms with van der Waals surface area (Å²) < 4.78 is 10.6. The van der Waals surface area contributed by atoms with Gasteiger partial charge in [-0.3, -0.25) is 14.9 Å². The van der Waals surface area contributed by atoms with Crippen molar-refractivity contribution in [2.24, 2.45) is 16.6 Å². The molecule has 2 aromatic rings. The first kappa shape index (κ1) is 25.7. The third-order valence-corrected chi connectivity index (χ3v) is 4.89. The van der Waals surface area contributed by atoms with Gasteiger partial charge in [-0.2, -0.15) is 0 Å². The van der Waals surface area contributed by atoms with Crippen molar-refractivity contribution in [2.75, 3.05) is 20.8 Å². The van der Waals surface area contributed by atoms with Gasteiger partial charge in [0.1, 0.15) is 6.04 Å². The molecule has 33 heavy (non-hydrogen) atoms. The Bertz CT molecular complexity index is 945. The SMILES string of the molecule is COc1ccc(CCNC(=O)[C@@H](Cc2ccccc2)N=C(N)NC(=O)CC(C)C)cc1OC. The number of hydrogen-bond donors (Lipinski definition) is 3. The standard InChI is InChI=1S/C25H34N4O4/c1-17(2)14-23(30)29-25(26)28-20(15-18-8-6-5-7-9-18)24(31)27-13-12-19-10-11-21(32-3)22(16-19)33-4/h5-11,16-17,20H,12-15H2,1-4H3,(H,27,31)(H3,26,28,29,30)/t20-/m1/s1. The van der Waals surface area contributed by atoms with Gasteiger partial charge in [-0.1, -0.05) is 50.2 Å². The van der Waals surface area contributed by atoms with E-state index in [0.29, 0.717) is 37.3 Å². The lowest BCUT2D eigenvalue weighted by atomic mass is 10.1. The third-order valence-electron chi connectivity index (χ3n) is 4.89. The number of aliphatic imine (C=N–C) groups is 1. The van der Waals surface area contributed by atoms with Crippen LogP contribution in [0, 0.1) is 5.92 Å². The van der Waals surface area contributed by atoms with E-state index in [2.05, 4.69) is 15.6 Å². The van der Waals surface area contributed by atoms with Crippen LogP contribution in [0.2, 0.25) is 0 Å². The number of nitrogens with one attached hydrogen (secondary N) is 2. The molecule has 178 valence electrons. The van der Waals surface area contributed by atoms with E-state index in [0.717, 1.165) is 11.1 Å². The lowest BCUT2D eigenvalue weighted by Gasteiger charge is -2.15. The maximum absolute atomic E-state index is 12.9. The van der Waals surface area contributed by atoms with Crippen LogP contribution in [0.1, 0.15) is 31.4 Å². The maximum atomic E-state index is 12.9. The van der Waals surface area contributed by atoms with Gasteiger partial charge in [0.05, 0.1) is 14.2 Å². The first-order chi connectivity index (χ1) is 15.8. The first-order valence-electron chi connectivity index (χ1n) is 11.0. The van der Waals surface area contributed by atoms with Crippen molar-refractivity contribution in [1.29, 1.82) is 0 Å². The van der Waals surface area contributed by atoms with Crippen molar-refractivity contribution in [3.05, 3.63) is 59.7 Å². The molecular weight excluding hydrogens is 420 g/mol. The molecule has 2 aromatic carbocycles. The van der Waals surface area contributed by atoms with Crippen LogP contribution in [0.3, 0.4) is 0 Å². The van der Waals surface area contributed by atoms with Gasteiger partial charge < -0.3 is 20.5 Å². The second-order valence-corrected chi connectivity index (χ2v) is 8.10. The highest BCUT2D eigenvalue weighted by Gasteiger charge is 2.19. The Hall–Kier alpha value is -3.55. The van der Waals surface area contributed by atoms with Crippen molar-refractivity contribution < 1.29 is 19.1 Å². The number of ether oxygens (including phenoxy) is 2. The zero-order chi connectivity index (χ0) is 24.2. The van der Waals surface area contributed by atoms with E-state index in [1.807, 2.05) is 62.4 Å². The van der Waals surface area contributed by atoms with Crippen LogP contribution < -0.4 is 25.8 Å². The Morgan fingerprint density at radius 1 is 1.00 bits per heavy atom. The predicted molar refractivity (Wildman–Crippen MR) is 129 cm³/mol. The minimum absolute atomic E-state index is 0.0587. The summed E-state index contributed by atoms with van der Waals surface area (Å²) in [5.74, 6) is 0.934. The van der Waals surface area contributed by atoms with E-state index in [1.165, 1.54) is 0 Å². The second-order valence-electron chi connectivity index (χ2n) is 8.10. The summed E-state index contributed by atoms with van der Waals surface area (Å²) in [6.07, 6.45) is 1.30. The van der Waals surface area contributed by atoms with Crippen molar-refractivity contribution in [3.63, 3.8) is 0 Å². The van der Waals surface area contributed by atoms with Crippen LogP contribution in [0.15, 0.2) is 53.5 Å². The Labute approximate surface area is 195 Å². The molecule has 0 bridgehead atoms. The van der Waals surface area contributed by atoms with Crippen molar-refractivity contribution in [1.82, 2.24) is 10.6 Å². The van der Waals surface area contributed by atoms with E-state index in [-0.39, 0.29) is 23.7 Å². The van der Waals surface area contributed by atoms with Crippen molar-refractivity contribution in [2.45, 2.75) is 39.2 Å². The number of benzene rings is 2. The number of rotatable bonds is 11. The fourth-order valence-electron chi connectivity index (χ4n) is 3.28. The molecule has 0 unspecified atom stereocenters. The summed E-state index contributed by atoms with van der Waals surface area (Å²) in [6, 6.07) is 14.4. The van der Waals surface area contributed by atoms with Crippen LogP contribution in [0.25, 0.3) is 0 Å². The van der Waals surface area contributed by atoms with Crippen LogP contribution >= 0.6 is 0 Å². The van der Waals surface area contributed by atoms with Gasteiger partial charge in [0.2, 0.25) is 11.8 Å². The smallest absolute Gasteiger partial charge is 0.245 e. The number of guanidine groups is 1. The minimum Gasteiger partial charge on any atom is -0.493 e. The normalized spacial score (nSPS) is 12.2. The molecule has 0 fully saturated rings. The van der Waals surface area contributed by atoms with Gasteiger partial charge in [0.25, 0.3) is 0 Å². The molecule has 0 aliphatic rings. The maximum Gasteiger partial charge on any atom is 0.245 e. The summed E-state index contributed by atoms with van der Waals surface area (Å²) in [6.45, 7) is 4.29. The van der Waals surface area contributed by atoms with E-state index in [9.17, 15) is 9.59 Å². The summed E-state index contributed by atoms with van der Waals surface area (Å²) in [7, 11) is 3.17. The Kier molecular flexibility index (Phi) is 10.2. The summed E-state index contributed by atoms with van der Waals surface area (Å²) >= 11 is 0. The van der Waals surface area contributed by atoms with Crippen LogP contribution in [-0.2, 0) is 22.4 Å². The van der Waals surface area contributed by atoms with Gasteiger partial charge in [0, 0.05) is 19.4 Å². The average Bonchev–Trinajstić information content (AvgIpc) is 2.78. The first-order valence-corrected chi connectivity index (χ1v) is 11.0. The quantitative estimate of drug-likeness (QED) is 0.356. The number of amides is 2. The third kappa shape index (κ3) is 8.84. The molecule has 0 radical (unpaired) electrons. The summed E-state index contributed by atoms with van der Waals surface area (Å²) in [5.41, 5.74) is 7.88. The molecule has 2 rings (SSSR count). The van der Waals surface area contributed by atoms with E-state index < -0.39 is 6.04 Å². The molecule has 0 aromatic heterocycles. The lowest BCUT2D eigenvalue weighted by Crippen LogP contribution is -2.42. The highest BCUT2D eigenvalue weighted by molar-refractivity contribution is 5.97. The van der Waals surface area contributed by atoms with Crippen molar-refractivity contribution in [3.8, 4) is 11.5 Å². The lowest BCUT2D eigenvalue weighted by molar-refractivity contribution is -0.122. The Morgan fingerprint density at radius 3 is 2.33 bits per heavy atom. The number of methoxy groups -OCH3 is 2. The molecule has 1 atom stereocenters. The summed E-state index contributed by atoms with van der Waals surface area (Å²) in [5, 5.41) is 5.49. The molecule has 0 aliphatic heterocycles. The molecule has 0 saturated carbocycles. The van der Waals surface area contributed by atoms with E-state index in [1.54, 1.807) is 14.2 Å². The Morgan fingerprint density at radius 2 is 1.70 bits per heavy atom. The average molecular weight is 455 g/mol. The molecule has 4 N–H and O–H groups in total. The largest absolute Gasteiger partial charge is 0.493 e. The van der Waals surface area contributed by atoms with Crippen LogP contribution in [0.5, 0.6) is 11.5 Å². The zero-order valence-electron chi connectivity index (χ0n) is 19.8.